The maximum atomic E-state index is 11.8. The SMILES string of the molecule is [N-]=[N+]=NCC1CC(=O)N(CCNCCNCCNCCN)C1. The minimum Gasteiger partial charge on any atom is -0.341 e. The van der Waals surface area contributed by atoms with E-state index >= 15 is 0 Å². The molecule has 1 aliphatic heterocycles. The molecule has 0 aromatic heterocycles. The van der Waals surface area contributed by atoms with Crippen LogP contribution >= 0.6 is 0 Å². The molecule has 1 aliphatic rings. The van der Waals surface area contributed by atoms with Crippen molar-refractivity contribution in [1.29, 1.82) is 0 Å². The summed E-state index contributed by atoms with van der Waals surface area (Å²) < 4.78 is 0. The van der Waals surface area contributed by atoms with Crippen LogP contribution in [-0.2, 0) is 4.79 Å². The van der Waals surface area contributed by atoms with E-state index in [4.69, 9.17) is 11.3 Å². The van der Waals surface area contributed by atoms with E-state index in [0.29, 0.717) is 32.6 Å². The molecule has 22 heavy (non-hydrogen) atoms. The second kappa shape index (κ2) is 12.2. The van der Waals surface area contributed by atoms with Gasteiger partial charge in [-0.05, 0) is 11.4 Å². The van der Waals surface area contributed by atoms with Gasteiger partial charge in [0.15, 0.2) is 0 Å². The smallest absolute Gasteiger partial charge is 0.222 e. The Bertz CT molecular complexity index is 358. The molecule has 0 bridgehead atoms. The van der Waals surface area contributed by atoms with Crippen LogP contribution in [0.25, 0.3) is 10.4 Å². The first-order chi connectivity index (χ1) is 10.8. The zero-order chi connectivity index (χ0) is 16.0. The first-order valence-corrected chi connectivity index (χ1v) is 7.88. The van der Waals surface area contributed by atoms with Crippen LogP contribution in [0.3, 0.4) is 0 Å². The number of azide groups is 1. The van der Waals surface area contributed by atoms with E-state index in [1.54, 1.807) is 0 Å². The highest BCUT2D eigenvalue weighted by Crippen LogP contribution is 2.17. The van der Waals surface area contributed by atoms with Crippen LogP contribution in [0.2, 0.25) is 0 Å². The minimum absolute atomic E-state index is 0.157. The van der Waals surface area contributed by atoms with Crippen LogP contribution in [0.15, 0.2) is 5.11 Å². The van der Waals surface area contributed by atoms with Gasteiger partial charge < -0.3 is 26.6 Å². The first kappa shape index (κ1) is 18.7. The van der Waals surface area contributed by atoms with E-state index in [1.165, 1.54) is 0 Å². The highest BCUT2D eigenvalue weighted by atomic mass is 16.2. The Balaban J connectivity index is 1.94. The lowest BCUT2D eigenvalue weighted by Gasteiger charge is -2.16. The molecule has 1 fully saturated rings. The Hall–Kier alpha value is -1.38. The number of carbonyl (C=O) groups excluding carboxylic acids is 1. The Morgan fingerprint density at radius 3 is 2.45 bits per heavy atom. The fraction of sp³-hybridized carbons (Fsp3) is 0.923. The van der Waals surface area contributed by atoms with Crippen molar-refractivity contribution in [2.24, 2.45) is 16.8 Å². The molecule has 9 nitrogen and oxygen atoms in total. The van der Waals surface area contributed by atoms with Crippen molar-refractivity contribution < 1.29 is 4.79 Å². The summed E-state index contributed by atoms with van der Waals surface area (Å²) in [6, 6.07) is 0. The number of rotatable bonds is 13. The van der Waals surface area contributed by atoms with E-state index in [-0.39, 0.29) is 11.8 Å². The number of hydrogen-bond acceptors (Lipinski definition) is 6. The van der Waals surface area contributed by atoms with E-state index in [2.05, 4.69) is 26.0 Å². The lowest BCUT2D eigenvalue weighted by molar-refractivity contribution is -0.127. The Kier molecular flexibility index (Phi) is 10.3. The van der Waals surface area contributed by atoms with Gasteiger partial charge >= 0.3 is 0 Å². The number of nitrogens with two attached hydrogens (primary N) is 1. The summed E-state index contributed by atoms with van der Waals surface area (Å²) in [7, 11) is 0. The number of likely N-dealkylation sites (tertiary alicyclic amines) is 1. The second-order valence-corrected chi connectivity index (χ2v) is 5.36. The third-order valence-corrected chi connectivity index (χ3v) is 3.53. The van der Waals surface area contributed by atoms with Gasteiger partial charge in [0.25, 0.3) is 0 Å². The van der Waals surface area contributed by atoms with Crippen molar-refractivity contribution in [3.05, 3.63) is 10.4 Å². The number of amides is 1. The highest BCUT2D eigenvalue weighted by Gasteiger charge is 2.28. The topological polar surface area (TPSA) is 131 Å². The largest absolute Gasteiger partial charge is 0.341 e. The third kappa shape index (κ3) is 8.16. The summed E-state index contributed by atoms with van der Waals surface area (Å²) in [4.78, 5) is 16.4. The number of nitrogens with one attached hydrogen (secondary N) is 3. The number of carbonyl (C=O) groups is 1. The van der Waals surface area contributed by atoms with Crippen LogP contribution in [0, 0.1) is 5.92 Å². The van der Waals surface area contributed by atoms with Crippen LogP contribution in [-0.4, -0.2) is 76.3 Å². The first-order valence-electron chi connectivity index (χ1n) is 7.88. The van der Waals surface area contributed by atoms with Crippen LogP contribution in [0.4, 0.5) is 0 Å². The Morgan fingerprint density at radius 2 is 1.82 bits per heavy atom. The summed E-state index contributed by atoms with van der Waals surface area (Å²) in [5.41, 5.74) is 13.7. The van der Waals surface area contributed by atoms with Crippen LogP contribution in [0.5, 0.6) is 0 Å². The van der Waals surface area contributed by atoms with Crippen molar-refractivity contribution in [1.82, 2.24) is 20.9 Å². The lowest BCUT2D eigenvalue weighted by Crippen LogP contribution is -2.37. The molecule has 1 atom stereocenters. The number of hydrogen-bond donors (Lipinski definition) is 4. The molecular weight excluding hydrogens is 284 g/mol. The van der Waals surface area contributed by atoms with Gasteiger partial charge in [0, 0.05) is 76.8 Å². The molecule has 1 unspecified atom stereocenters. The summed E-state index contributed by atoms with van der Waals surface area (Å²) in [5, 5.41) is 13.4. The van der Waals surface area contributed by atoms with Crippen molar-refractivity contribution in [3.63, 3.8) is 0 Å². The van der Waals surface area contributed by atoms with E-state index in [9.17, 15) is 4.79 Å². The predicted octanol–water partition coefficient (Wildman–Crippen LogP) is -1.13. The molecule has 1 rings (SSSR count). The van der Waals surface area contributed by atoms with E-state index < -0.39 is 0 Å². The van der Waals surface area contributed by atoms with Crippen molar-refractivity contribution in [3.8, 4) is 0 Å². The Morgan fingerprint density at radius 1 is 1.18 bits per heavy atom. The molecule has 126 valence electrons. The normalized spacial score (nSPS) is 17.8. The third-order valence-electron chi connectivity index (χ3n) is 3.53. The molecular formula is C13H28N8O. The summed E-state index contributed by atoms with van der Waals surface area (Å²) >= 11 is 0. The molecule has 0 radical (unpaired) electrons. The molecule has 0 aromatic carbocycles. The molecule has 0 aliphatic carbocycles. The van der Waals surface area contributed by atoms with Gasteiger partial charge in [0.05, 0.1) is 0 Å². The highest BCUT2D eigenvalue weighted by molar-refractivity contribution is 5.78. The van der Waals surface area contributed by atoms with Gasteiger partial charge in [-0.1, -0.05) is 5.11 Å². The monoisotopic (exact) mass is 312 g/mol. The van der Waals surface area contributed by atoms with Gasteiger partial charge in [-0.15, -0.1) is 0 Å². The maximum absolute atomic E-state index is 11.8. The molecule has 1 saturated heterocycles. The summed E-state index contributed by atoms with van der Waals surface area (Å²) in [5.74, 6) is 0.329. The average molecular weight is 312 g/mol. The van der Waals surface area contributed by atoms with Gasteiger partial charge in [0.2, 0.25) is 5.91 Å². The van der Waals surface area contributed by atoms with Gasteiger partial charge in [-0.3, -0.25) is 4.79 Å². The summed E-state index contributed by atoms with van der Waals surface area (Å²) in [6.45, 7) is 7.75. The minimum atomic E-state index is 0.157. The fourth-order valence-corrected chi connectivity index (χ4v) is 2.39. The molecule has 1 amide bonds. The zero-order valence-electron chi connectivity index (χ0n) is 13.1. The van der Waals surface area contributed by atoms with Gasteiger partial charge in [-0.25, -0.2) is 0 Å². The fourth-order valence-electron chi connectivity index (χ4n) is 2.39. The van der Waals surface area contributed by atoms with E-state index in [0.717, 1.165) is 39.3 Å². The zero-order valence-corrected chi connectivity index (χ0v) is 13.1. The molecule has 5 N–H and O–H groups in total. The lowest BCUT2D eigenvalue weighted by atomic mass is 10.1. The molecule has 0 spiro atoms. The second-order valence-electron chi connectivity index (χ2n) is 5.36. The number of nitrogens with zero attached hydrogens (tertiary/aromatic N) is 4. The van der Waals surface area contributed by atoms with Crippen molar-refractivity contribution in [2.45, 2.75) is 6.42 Å². The van der Waals surface area contributed by atoms with Crippen molar-refractivity contribution in [2.75, 3.05) is 65.4 Å². The molecule has 0 saturated carbocycles. The molecule has 0 aromatic rings. The Labute approximate surface area is 131 Å². The maximum Gasteiger partial charge on any atom is 0.222 e. The molecule has 9 heteroatoms. The van der Waals surface area contributed by atoms with Crippen LogP contribution in [0.1, 0.15) is 6.42 Å². The standard InChI is InChI=1S/C13H28N8O/c14-1-2-16-3-4-17-5-6-18-7-8-21-11-12(9-13(21)22)10-19-20-15/h12,16-18H,1-11,14H2. The van der Waals surface area contributed by atoms with Crippen LogP contribution < -0.4 is 21.7 Å². The molecule has 1 heterocycles. The quantitative estimate of drug-likeness (QED) is 0.148. The van der Waals surface area contributed by atoms with E-state index in [1.807, 2.05) is 4.90 Å². The predicted molar refractivity (Wildman–Crippen MR) is 86.4 cm³/mol. The summed E-state index contributed by atoms with van der Waals surface area (Å²) in [6.07, 6.45) is 0.496. The van der Waals surface area contributed by atoms with Gasteiger partial charge in [-0.2, -0.15) is 0 Å². The van der Waals surface area contributed by atoms with Crippen molar-refractivity contribution >= 4 is 5.91 Å². The van der Waals surface area contributed by atoms with Gasteiger partial charge in [0.1, 0.15) is 0 Å². The average Bonchev–Trinajstić information content (AvgIpc) is 2.87.